The second-order valence-electron chi connectivity index (χ2n) is 30.1. The van der Waals surface area contributed by atoms with Crippen LogP contribution in [0.2, 0.25) is 0 Å². The highest BCUT2D eigenvalue weighted by Gasteiger charge is 2.24. The average Bonchev–Trinajstić information content (AvgIpc) is 1.34. The number of nitrogens with zero attached hydrogens (tertiary/aromatic N) is 4. The van der Waals surface area contributed by atoms with Crippen molar-refractivity contribution in [1.82, 2.24) is 59.8 Å². The van der Waals surface area contributed by atoms with Crippen LogP contribution < -0.4 is 0 Å². The van der Waals surface area contributed by atoms with Crippen molar-refractivity contribution in [2.45, 2.75) is 13.8 Å². The number of halogens is 4. The number of rotatable bonds is 12. The van der Waals surface area contributed by atoms with Gasteiger partial charge in [-0.1, -0.05) is 343 Å². The molecule has 0 atom stereocenters. The molecule has 8 N–H and O–H groups in total. The van der Waals surface area contributed by atoms with Crippen molar-refractivity contribution in [3.05, 3.63) is 394 Å². The quantitative estimate of drug-likeness (QED) is 0.0568. The molecule has 0 aliphatic carbocycles. The van der Waals surface area contributed by atoms with E-state index in [0.29, 0.717) is 0 Å². The van der Waals surface area contributed by atoms with Crippen molar-refractivity contribution in [1.29, 1.82) is 0 Å². The lowest BCUT2D eigenvalue weighted by molar-refractivity contribution is 1.25. The number of hydrogen-bond acceptors (Lipinski definition) is 4. The van der Waals surface area contributed by atoms with Gasteiger partial charge in [0, 0.05) is 152 Å². The number of para-hydroxylation sites is 2. The smallest absolute Gasteiger partial charge is 0.140 e. The lowest BCUT2D eigenvalue weighted by atomic mass is 9.99. The van der Waals surface area contributed by atoms with Gasteiger partial charge in [0.1, 0.15) is 23.3 Å². The predicted octanol–water partition coefficient (Wildman–Crippen LogP) is 30.7. The molecule has 0 spiro atoms. The maximum absolute atomic E-state index is 5.17. The van der Waals surface area contributed by atoms with Crippen molar-refractivity contribution < 1.29 is 0 Å². The molecule has 0 saturated heterocycles. The molecule has 8 aromatic heterocycles. The van der Waals surface area contributed by atoms with Crippen LogP contribution in [-0.4, -0.2) is 59.8 Å². The van der Waals surface area contributed by atoms with Crippen molar-refractivity contribution in [3.63, 3.8) is 0 Å². The minimum atomic E-state index is 0.837. The third-order valence-electron chi connectivity index (χ3n) is 22.4. The number of imidazole rings is 4. The molecule has 586 valence electrons. The summed E-state index contributed by atoms with van der Waals surface area (Å²) < 4.78 is 4.20. The predicted molar refractivity (Wildman–Crippen MR) is 520 cm³/mol. The number of aromatic nitrogens is 12. The fourth-order valence-electron chi connectivity index (χ4n) is 16.6. The summed E-state index contributed by atoms with van der Waals surface area (Å²) in [6.07, 6.45) is 4.04. The Bertz CT molecular complexity index is 7560. The van der Waals surface area contributed by atoms with E-state index in [1.165, 1.54) is 54.6 Å². The van der Waals surface area contributed by atoms with E-state index >= 15 is 0 Å². The molecule has 0 aliphatic heterocycles. The van der Waals surface area contributed by atoms with Crippen molar-refractivity contribution in [2.75, 3.05) is 0 Å². The summed E-state index contributed by atoms with van der Waals surface area (Å²) in [6.45, 7) is 4.21. The van der Waals surface area contributed by atoms with Crippen LogP contribution in [0.15, 0.2) is 382 Å². The van der Waals surface area contributed by atoms with Crippen molar-refractivity contribution in [3.8, 4) is 135 Å². The molecule has 0 amide bonds. The van der Waals surface area contributed by atoms with Crippen molar-refractivity contribution in [2.24, 2.45) is 0 Å². The molecule has 12 nitrogen and oxygen atoms in total. The van der Waals surface area contributed by atoms with Crippen LogP contribution in [0, 0.1) is 13.8 Å². The number of aromatic amines is 8. The largest absolute Gasteiger partial charge is 0.360 e. The summed E-state index contributed by atoms with van der Waals surface area (Å²) in [5.41, 5.74) is 30.4. The zero-order valence-electron chi connectivity index (χ0n) is 65.9. The Kier molecular flexibility index (Phi) is 20.9. The first-order valence-corrected chi connectivity index (χ1v) is 43.3. The SMILES string of the molecule is Brc1ccc(-c2[nH]c(-c3c[nH]c4ccc(Br)cc34)nc2-c2ccccc2)cc1.Brc1ccc2[nH]cc(-c3nc(-c4ccc(-c5ccccc5)cc4)c(-c4ccc(-c5ccccc5)cc4)[nH]3)c2c1.Cc1[nH]c2ccccc2c1-c1nc(-c2ccccc2)c(-c2ccc(Br)cc2)[nH]1.Cc1[nH]c2ccccc2c1-c1nc2c3ccccc3c3ccccc3c2[nH]1. The third-order valence-corrected chi connectivity index (χ3v) is 24.5. The maximum atomic E-state index is 5.17. The van der Waals surface area contributed by atoms with Gasteiger partial charge >= 0.3 is 0 Å². The lowest BCUT2D eigenvalue weighted by Crippen LogP contribution is -1.85. The zero-order valence-corrected chi connectivity index (χ0v) is 72.3. The lowest BCUT2D eigenvalue weighted by Gasteiger charge is -2.07. The molecule has 23 rings (SSSR count). The Morgan fingerprint density at radius 3 is 0.959 bits per heavy atom. The highest BCUT2D eigenvalue weighted by molar-refractivity contribution is 9.11. The number of aryl methyl sites for hydroxylation is 2. The van der Waals surface area contributed by atoms with Gasteiger partial charge in [-0.3, -0.25) is 0 Å². The van der Waals surface area contributed by atoms with Gasteiger partial charge in [0.25, 0.3) is 0 Å². The fourth-order valence-corrected chi connectivity index (χ4v) is 17.8. The molecular weight excluding hydrogens is 1760 g/mol. The average molecular weight is 1840 g/mol. The number of benzene rings is 15. The Hall–Kier alpha value is -14.0. The number of fused-ring (bicyclic) bond motifs is 10. The molecule has 0 fully saturated rings. The molecule has 15 aromatic carbocycles. The summed E-state index contributed by atoms with van der Waals surface area (Å²) in [6, 6.07) is 122. The highest BCUT2D eigenvalue weighted by atomic mass is 79.9. The van der Waals surface area contributed by atoms with Crippen LogP contribution in [0.1, 0.15) is 11.4 Å². The first-order chi connectivity index (χ1) is 59.9. The van der Waals surface area contributed by atoms with Gasteiger partial charge in [0.2, 0.25) is 0 Å². The first kappa shape index (κ1) is 76.7. The molecule has 8 heterocycles. The molecule has 0 saturated carbocycles. The Morgan fingerprint density at radius 1 is 0.221 bits per heavy atom. The van der Waals surface area contributed by atoms with Gasteiger partial charge in [-0.05, 0) is 120 Å². The van der Waals surface area contributed by atoms with Crippen molar-refractivity contribution >= 4 is 140 Å². The van der Waals surface area contributed by atoms with E-state index in [9.17, 15) is 0 Å². The molecule has 0 unspecified atom stereocenters. The van der Waals surface area contributed by atoms with Crippen LogP contribution in [0.25, 0.3) is 212 Å². The second kappa shape index (κ2) is 33.3. The molecule has 23 aromatic rings. The first-order valence-electron chi connectivity index (χ1n) is 40.2. The standard InChI is InChI=1S/C35H24BrN3.C24H18BrN3.C24H17N3.C23H15Br2N3/c36-29-19-20-32-30(21-29)31(22-37-32)35-38-33(27-15-11-25(12-16-27)23-7-3-1-4-8-23)34(39-35)28-17-13-26(14-18-28)24-9-5-2-6-10-24;1-15-21(19-9-5-6-10-20(19)26-15)24-27-22(16-7-3-2-4-8-16)23(28-24)17-11-13-18(25)14-12-17;1-14-21(19-12-6-7-13-20(19)25-14)24-26-22-17-10-4-2-8-15(17)16-9-3-5-11-18(16)23(22)27-24;24-16-8-6-15(7-9-16)22-21(14-4-2-1-3-5-14)27-23(28-22)19-13-26-20-11-10-17(25)12-18(19)20/h1-22,37H,(H,38,39);2-14,26H,1H3,(H,27,28);2-13,25H,1H3,(H,26,27);1-13,26H,(H,27,28). The Balaban J connectivity index is 0.000000105. The van der Waals surface area contributed by atoms with Gasteiger partial charge in [-0.25, -0.2) is 19.9 Å². The van der Waals surface area contributed by atoms with Gasteiger partial charge < -0.3 is 39.9 Å². The van der Waals surface area contributed by atoms with E-state index in [4.69, 9.17) is 19.9 Å². The topological polar surface area (TPSA) is 178 Å². The van der Waals surface area contributed by atoms with E-state index < -0.39 is 0 Å². The summed E-state index contributed by atoms with van der Waals surface area (Å²) in [4.78, 5) is 48.5. The Morgan fingerprint density at radius 2 is 0.525 bits per heavy atom. The highest BCUT2D eigenvalue weighted by Crippen LogP contribution is 2.44. The molecule has 0 bridgehead atoms. The summed E-state index contributed by atoms with van der Waals surface area (Å²) in [7, 11) is 0. The van der Waals surface area contributed by atoms with Crippen LogP contribution in [0.4, 0.5) is 0 Å². The summed E-state index contributed by atoms with van der Waals surface area (Å²) in [5.74, 6) is 3.48. The fraction of sp³-hybridized carbons (Fsp3) is 0.0189. The number of nitrogens with one attached hydrogen (secondary N) is 8. The number of H-pyrrole nitrogens is 8. The molecule has 122 heavy (non-hydrogen) atoms. The summed E-state index contributed by atoms with van der Waals surface area (Å²) >= 11 is 14.2. The zero-order chi connectivity index (χ0) is 82.3. The maximum Gasteiger partial charge on any atom is 0.140 e. The second-order valence-corrected chi connectivity index (χ2v) is 33.7. The van der Waals surface area contributed by atoms with E-state index in [-0.39, 0.29) is 0 Å². The monoisotopic (exact) mass is 1830 g/mol. The van der Waals surface area contributed by atoms with Gasteiger partial charge in [0.15, 0.2) is 0 Å². The van der Waals surface area contributed by atoms with Crippen LogP contribution in [0.5, 0.6) is 0 Å². The van der Waals surface area contributed by atoms with Gasteiger partial charge in [-0.15, -0.1) is 0 Å². The van der Waals surface area contributed by atoms with E-state index in [1.54, 1.807) is 0 Å². The molecule has 0 aliphatic rings. The van der Waals surface area contributed by atoms with Crippen LogP contribution in [-0.2, 0) is 0 Å². The van der Waals surface area contributed by atoms with Gasteiger partial charge in [-0.2, -0.15) is 0 Å². The van der Waals surface area contributed by atoms with E-state index in [0.717, 1.165) is 186 Å². The Labute approximate surface area is 736 Å². The van der Waals surface area contributed by atoms with Crippen LogP contribution >= 0.6 is 63.7 Å². The molecule has 16 heteroatoms. The number of hydrogen-bond donors (Lipinski definition) is 8. The minimum absolute atomic E-state index is 0.837. The molecular formula is C106H74Br4N12. The van der Waals surface area contributed by atoms with Crippen LogP contribution in [0.3, 0.4) is 0 Å². The minimum Gasteiger partial charge on any atom is -0.360 e. The normalized spacial score (nSPS) is 11.4. The van der Waals surface area contributed by atoms with E-state index in [1.807, 2.05) is 91.3 Å². The van der Waals surface area contributed by atoms with Gasteiger partial charge in [0.05, 0.1) is 45.2 Å². The third kappa shape index (κ3) is 15.1. The summed E-state index contributed by atoms with van der Waals surface area (Å²) in [5, 5.41) is 9.52. The van der Waals surface area contributed by atoms with E-state index in [2.05, 4.69) is 390 Å². The molecule has 0 radical (unpaired) electrons.